The van der Waals surface area contributed by atoms with Gasteiger partial charge in [-0.2, -0.15) is 18.4 Å². The molecule has 0 aliphatic carbocycles. The van der Waals surface area contributed by atoms with Crippen LogP contribution in [0.15, 0.2) is 12.3 Å². The summed E-state index contributed by atoms with van der Waals surface area (Å²) in [6.07, 6.45) is -3.28. The Morgan fingerprint density at radius 3 is 2.54 bits per heavy atom. The molecule has 0 aliphatic heterocycles. The van der Waals surface area contributed by atoms with Crippen molar-refractivity contribution in [3.05, 3.63) is 29.1 Å². The van der Waals surface area contributed by atoms with Gasteiger partial charge in [-0.15, -0.1) is 0 Å². The molecule has 0 fully saturated rings. The summed E-state index contributed by atoms with van der Waals surface area (Å²) in [6, 6.07) is 2.31. The van der Waals surface area contributed by atoms with E-state index in [1.807, 2.05) is 0 Å². The highest BCUT2D eigenvalue weighted by molar-refractivity contribution is 5.35. The Bertz CT molecular complexity index is 363. The van der Waals surface area contributed by atoms with Crippen molar-refractivity contribution in [2.75, 3.05) is 0 Å². The Hall–Kier alpha value is -1.57. The van der Waals surface area contributed by atoms with Crippen LogP contribution in [-0.4, -0.2) is 4.98 Å². The summed E-state index contributed by atoms with van der Waals surface area (Å²) in [7, 11) is 0. The van der Waals surface area contributed by atoms with Gasteiger partial charge in [0.15, 0.2) is 5.69 Å². The molecule has 0 spiro atoms. The molecule has 0 unspecified atom stereocenters. The first kappa shape index (κ1) is 9.52. The van der Waals surface area contributed by atoms with E-state index in [-0.39, 0.29) is 0 Å². The van der Waals surface area contributed by atoms with Crippen molar-refractivity contribution < 1.29 is 13.2 Å². The summed E-state index contributed by atoms with van der Waals surface area (Å²) in [5.41, 5.74) is -1.18. The van der Waals surface area contributed by atoms with Gasteiger partial charge < -0.3 is 0 Å². The standard InChI is InChI=1S/C8H5F3N2/c1-5-2-6(8(9,10)11)7(3-12)13-4-5/h2,4H,1H3. The van der Waals surface area contributed by atoms with E-state index in [1.54, 1.807) is 0 Å². The minimum absolute atomic E-state index is 0.381. The lowest BCUT2D eigenvalue weighted by Gasteiger charge is -2.07. The van der Waals surface area contributed by atoms with Crippen LogP contribution in [0.5, 0.6) is 0 Å². The zero-order valence-electron chi connectivity index (χ0n) is 6.68. The third-order valence-corrected chi connectivity index (χ3v) is 1.44. The van der Waals surface area contributed by atoms with Crippen molar-refractivity contribution in [3.63, 3.8) is 0 Å². The first-order chi connectivity index (χ1) is 5.95. The quantitative estimate of drug-likeness (QED) is 0.623. The van der Waals surface area contributed by atoms with E-state index in [0.717, 1.165) is 6.07 Å². The Labute approximate surface area is 72.6 Å². The van der Waals surface area contributed by atoms with Gasteiger partial charge in [0.2, 0.25) is 0 Å². The van der Waals surface area contributed by atoms with E-state index in [1.165, 1.54) is 19.2 Å². The van der Waals surface area contributed by atoms with E-state index < -0.39 is 17.4 Å². The van der Waals surface area contributed by atoms with E-state index in [9.17, 15) is 13.2 Å². The number of aromatic nitrogens is 1. The highest BCUT2D eigenvalue weighted by Gasteiger charge is 2.34. The molecule has 0 atom stereocenters. The molecule has 1 aromatic rings. The lowest BCUT2D eigenvalue weighted by atomic mass is 10.1. The fourth-order valence-corrected chi connectivity index (χ4v) is 0.874. The van der Waals surface area contributed by atoms with Gasteiger partial charge in [0, 0.05) is 6.20 Å². The first-order valence-electron chi connectivity index (χ1n) is 3.39. The highest BCUT2D eigenvalue weighted by atomic mass is 19.4. The smallest absolute Gasteiger partial charge is 0.245 e. The molecule has 0 aliphatic rings. The third-order valence-electron chi connectivity index (χ3n) is 1.44. The number of hydrogen-bond donors (Lipinski definition) is 0. The third kappa shape index (κ3) is 1.96. The molecule has 0 saturated heterocycles. The maximum Gasteiger partial charge on any atom is 0.419 e. The summed E-state index contributed by atoms with van der Waals surface area (Å²) < 4.78 is 36.7. The minimum atomic E-state index is -4.51. The molecule has 0 N–H and O–H groups in total. The Morgan fingerprint density at radius 2 is 2.08 bits per heavy atom. The number of pyridine rings is 1. The number of halogens is 3. The van der Waals surface area contributed by atoms with Crippen LogP contribution in [0, 0.1) is 18.3 Å². The van der Waals surface area contributed by atoms with Gasteiger partial charge in [0.25, 0.3) is 0 Å². The molecule has 0 bridgehead atoms. The first-order valence-corrected chi connectivity index (χ1v) is 3.39. The Balaban J connectivity index is 3.35. The van der Waals surface area contributed by atoms with Gasteiger partial charge in [0.1, 0.15) is 6.07 Å². The van der Waals surface area contributed by atoms with Crippen molar-refractivity contribution >= 4 is 0 Å². The number of aryl methyl sites for hydroxylation is 1. The topological polar surface area (TPSA) is 36.7 Å². The van der Waals surface area contributed by atoms with Gasteiger partial charge in [-0.3, -0.25) is 0 Å². The van der Waals surface area contributed by atoms with Crippen LogP contribution < -0.4 is 0 Å². The van der Waals surface area contributed by atoms with Gasteiger partial charge in [-0.25, -0.2) is 4.98 Å². The molecule has 1 rings (SSSR count). The molecular weight excluding hydrogens is 181 g/mol. The molecule has 1 heterocycles. The second-order valence-corrected chi connectivity index (χ2v) is 2.52. The van der Waals surface area contributed by atoms with Gasteiger partial charge in [-0.05, 0) is 18.6 Å². The second-order valence-electron chi connectivity index (χ2n) is 2.52. The number of alkyl halides is 3. The summed E-state index contributed by atoms with van der Waals surface area (Å²) in [4.78, 5) is 3.38. The molecule has 68 valence electrons. The van der Waals surface area contributed by atoms with Crippen LogP contribution in [0.2, 0.25) is 0 Å². The van der Waals surface area contributed by atoms with Gasteiger partial charge in [0.05, 0.1) is 5.56 Å². The fraction of sp³-hybridized carbons (Fsp3) is 0.250. The fourth-order valence-electron chi connectivity index (χ4n) is 0.874. The Kier molecular flexibility index (Phi) is 2.24. The second kappa shape index (κ2) is 3.05. The van der Waals surface area contributed by atoms with E-state index in [2.05, 4.69) is 4.98 Å². The molecule has 0 radical (unpaired) electrons. The average molecular weight is 186 g/mol. The minimum Gasteiger partial charge on any atom is -0.245 e. The molecule has 5 heteroatoms. The number of hydrogen-bond acceptors (Lipinski definition) is 2. The van der Waals surface area contributed by atoms with Crippen molar-refractivity contribution in [1.82, 2.24) is 4.98 Å². The lowest BCUT2D eigenvalue weighted by Crippen LogP contribution is -2.09. The zero-order chi connectivity index (χ0) is 10.1. The molecule has 2 nitrogen and oxygen atoms in total. The van der Waals surface area contributed by atoms with Gasteiger partial charge in [-0.1, -0.05) is 0 Å². The molecule has 0 amide bonds. The molecule has 0 saturated carbocycles. The van der Waals surface area contributed by atoms with Gasteiger partial charge >= 0.3 is 6.18 Å². The summed E-state index contributed by atoms with van der Waals surface area (Å²) in [5.74, 6) is 0. The number of nitriles is 1. The lowest BCUT2D eigenvalue weighted by molar-refractivity contribution is -0.138. The van der Waals surface area contributed by atoms with Crippen LogP contribution in [-0.2, 0) is 6.18 Å². The molecule has 1 aromatic heterocycles. The predicted molar refractivity (Wildman–Crippen MR) is 38.7 cm³/mol. The number of nitrogens with zero attached hydrogens (tertiary/aromatic N) is 2. The van der Waals surface area contributed by atoms with Crippen LogP contribution in [0.3, 0.4) is 0 Å². The van der Waals surface area contributed by atoms with Crippen LogP contribution in [0.1, 0.15) is 16.8 Å². The van der Waals surface area contributed by atoms with Crippen molar-refractivity contribution in [1.29, 1.82) is 5.26 Å². The summed E-state index contributed by atoms with van der Waals surface area (Å²) >= 11 is 0. The maximum atomic E-state index is 12.2. The van der Waals surface area contributed by atoms with E-state index in [0.29, 0.717) is 5.56 Å². The SMILES string of the molecule is Cc1cnc(C#N)c(C(F)(F)F)c1. The summed E-state index contributed by atoms with van der Waals surface area (Å²) in [6.45, 7) is 1.49. The van der Waals surface area contributed by atoms with Crippen molar-refractivity contribution in [2.45, 2.75) is 13.1 Å². The molecular formula is C8H5F3N2. The largest absolute Gasteiger partial charge is 0.419 e. The predicted octanol–water partition coefficient (Wildman–Crippen LogP) is 2.28. The van der Waals surface area contributed by atoms with Crippen molar-refractivity contribution in [3.8, 4) is 6.07 Å². The molecule has 0 aromatic carbocycles. The Morgan fingerprint density at radius 1 is 1.46 bits per heavy atom. The van der Waals surface area contributed by atoms with Crippen molar-refractivity contribution in [2.24, 2.45) is 0 Å². The number of rotatable bonds is 0. The zero-order valence-corrected chi connectivity index (χ0v) is 6.68. The summed E-state index contributed by atoms with van der Waals surface area (Å²) in [5, 5.41) is 8.36. The average Bonchev–Trinajstić information content (AvgIpc) is 2.03. The van der Waals surface area contributed by atoms with Crippen LogP contribution >= 0.6 is 0 Å². The van der Waals surface area contributed by atoms with Crippen LogP contribution in [0.25, 0.3) is 0 Å². The highest BCUT2D eigenvalue weighted by Crippen LogP contribution is 2.31. The van der Waals surface area contributed by atoms with Crippen LogP contribution in [0.4, 0.5) is 13.2 Å². The van der Waals surface area contributed by atoms with E-state index in [4.69, 9.17) is 5.26 Å². The maximum absolute atomic E-state index is 12.2. The van der Waals surface area contributed by atoms with E-state index >= 15 is 0 Å². The normalized spacial score (nSPS) is 11.0. The monoisotopic (exact) mass is 186 g/mol. The molecule has 13 heavy (non-hydrogen) atoms.